The topological polar surface area (TPSA) is 54.7 Å². The van der Waals surface area contributed by atoms with Crippen molar-refractivity contribution in [3.05, 3.63) is 76.1 Å². The summed E-state index contributed by atoms with van der Waals surface area (Å²) in [6.07, 6.45) is 1.51. The average molecular weight is 397 g/mol. The minimum Gasteiger partial charge on any atom is -0.459 e. The van der Waals surface area contributed by atoms with E-state index >= 15 is 0 Å². The molecule has 0 aliphatic carbocycles. The van der Waals surface area contributed by atoms with Crippen molar-refractivity contribution in [2.75, 3.05) is 31.6 Å². The number of ether oxygens (including phenoxy) is 1. The van der Waals surface area contributed by atoms with E-state index in [-0.39, 0.29) is 11.9 Å². The Morgan fingerprint density at radius 1 is 1.14 bits per heavy atom. The van der Waals surface area contributed by atoms with E-state index in [2.05, 4.69) is 54.4 Å². The Kier molecular flexibility index (Phi) is 5.62. The van der Waals surface area contributed by atoms with E-state index in [1.165, 1.54) is 17.4 Å². The SMILES string of the molecule is Cc1ccc(C(c2cc(C)sc2NC(=O)c2ccco2)N2CCOCC2)cc1. The number of hydrogen-bond donors (Lipinski definition) is 1. The van der Waals surface area contributed by atoms with E-state index in [1.54, 1.807) is 23.5 Å². The Bertz CT molecular complexity index is 925. The standard InChI is InChI=1S/C22H24N2O3S/c1-15-5-7-17(8-6-15)20(24-9-12-26-13-10-24)18-14-16(2)28-22(18)23-21(25)19-4-3-11-27-19/h3-8,11,14,20H,9-10,12-13H2,1-2H3,(H,23,25). The van der Waals surface area contributed by atoms with Crippen molar-refractivity contribution in [1.29, 1.82) is 0 Å². The van der Waals surface area contributed by atoms with E-state index < -0.39 is 0 Å². The molecule has 1 N–H and O–H groups in total. The Labute approximate surface area is 168 Å². The Morgan fingerprint density at radius 2 is 1.89 bits per heavy atom. The molecule has 5 nitrogen and oxygen atoms in total. The number of nitrogens with one attached hydrogen (secondary N) is 1. The number of morpholine rings is 1. The zero-order chi connectivity index (χ0) is 19.5. The molecule has 0 radical (unpaired) electrons. The molecule has 146 valence electrons. The number of amides is 1. The first kappa shape index (κ1) is 18.9. The summed E-state index contributed by atoms with van der Waals surface area (Å²) >= 11 is 1.60. The third-order valence-electron chi connectivity index (χ3n) is 4.95. The van der Waals surface area contributed by atoms with Crippen molar-refractivity contribution < 1.29 is 13.9 Å². The second-order valence-electron chi connectivity index (χ2n) is 7.03. The minimum atomic E-state index is -0.224. The van der Waals surface area contributed by atoms with Crippen LogP contribution < -0.4 is 5.32 Å². The van der Waals surface area contributed by atoms with Crippen LogP contribution in [0.25, 0.3) is 0 Å². The summed E-state index contributed by atoms with van der Waals surface area (Å²) in [5.41, 5.74) is 3.57. The van der Waals surface area contributed by atoms with Gasteiger partial charge in [0, 0.05) is 23.5 Å². The third kappa shape index (κ3) is 4.04. The highest BCUT2D eigenvalue weighted by molar-refractivity contribution is 7.16. The summed E-state index contributed by atoms with van der Waals surface area (Å²) in [5.74, 6) is 0.0907. The minimum absolute atomic E-state index is 0.0707. The van der Waals surface area contributed by atoms with Gasteiger partial charge in [0.1, 0.15) is 5.00 Å². The number of rotatable bonds is 5. The fourth-order valence-electron chi connectivity index (χ4n) is 3.58. The maximum Gasteiger partial charge on any atom is 0.291 e. The lowest BCUT2D eigenvalue weighted by Gasteiger charge is -2.35. The molecule has 2 aromatic heterocycles. The summed E-state index contributed by atoms with van der Waals surface area (Å²) in [5, 5.41) is 3.93. The molecule has 1 aliphatic heterocycles. The van der Waals surface area contributed by atoms with Gasteiger partial charge in [-0.15, -0.1) is 11.3 Å². The van der Waals surface area contributed by atoms with Crippen LogP contribution in [0.15, 0.2) is 53.1 Å². The number of thiophene rings is 1. The van der Waals surface area contributed by atoms with Gasteiger partial charge in [0.25, 0.3) is 5.91 Å². The number of benzene rings is 1. The molecule has 0 saturated carbocycles. The van der Waals surface area contributed by atoms with Gasteiger partial charge >= 0.3 is 0 Å². The first-order chi connectivity index (χ1) is 13.6. The monoisotopic (exact) mass is 396 g/mol. The lowest BCUT2D eigenvalue weighted by Crippen LogP contribution is -2.39. The van der Waals surface area contributed by atoms with Gasteiger partial charge < -0.3 is 14.5 Å². The Balaban J connectivity index is 1.71. The van der Waals surface area contributed by atoms with Crippen LogP contribution in [0.5, 0.6) is 0 Å². The molecule has 1 fully saturated rings. The Hall–Kier alpha value is -2.41. The van der Waals surface area contributed by atoms with E-state index in [1.807, 2.05) is 0 Å². The summed E-state index contributed by atoms with van der Waals surface area (Å²) in [4.78, 5) is 16.2. The molecule has 1 atom stereocenters. The molecule has 0 spiro atoms. The molecule has 1 unspecified atom stereocenters. The van der Waals surface area contributed by atoms with Gasteiger partial charge in [0.05, 0.1) is 25.5 Å². The van der Waals surface area contributed by atoms with Crippen molar-refractivity contribution in [3.8, 4) is 0 Å². The van der Waals surface area contributed by atoms with Crippen LogP contribution in [0.1, 0.15) is 38.2 Å². The first-order valence-corrected chi connectivity index (χ1v) is 10.3. The maximum atomic E-state index is 12.6. The highest BCUT2D eigenvalue weighted by Crippen LogP contribution is 2.39. The summed E-state index contributed by atoms with van der Waals surface area (Å²) < 4.78 is 10.8. The lowest BCUT2D eigenvalue weighted by atomic mass is 9.97. The molecule has 3 heterocycles. The molecule has 4 rings (SSSR count). The molecule has 6 heteroatoms. The number of carbonyl (C=O) groups excluding carboxylic acids is 1. The van der Waals surface area contributed by atoms with Crippen molar-refractivity contribution >= 4 is 22.2 Å². The fourth-order valence-corrected chi connectivity index (χ4v) is 4.52. The van der Waals surface area contributed by atoms with Crippen LogP contribution in [0.4, 0.5) is 5.00 Å². The van der Waals surface area contributed by atoms with E-state index in [0.717, 1.165) is 41.7 Å². The van der Waals surface area contributed by atoms with Gasteiger partial charge in [-0.1, -0.05) is 29.8 Å². The smallest absolute Gasteiger partial charge is 0.291 e. The number of anilines is 1. The highest BCUT2D eigenvalue weighted by atomic mass is 32.1. The van der Waals surface area contributed by atoms with Crippen LogP contribution in [-0.2, 0) is 4.74 Å². The van der Waals surface area contributed by atoms with Crippen molar-refractivity contribution in [2.24, 2.45) is 0 Å². The van der Waals surface area contributed by atoms with Gasteiger partial charge in [-0.25, -0.2) is 0 Å². The number of aryl methyl sites for hydroxylation is 2. The van der Waals surface area contributed by atoms with E-state index in [0.29, 0.717) is 5.76 Å². The number of hydrogen-bond acceptors (Lipinski definition) is 5. The second kappa shape index (κ2) is 8.31. The molecule has 0 bridgehead atoms. The maximum absolute atomic E-state index is 12.6. The molecular formula is C22H24N2O3S. The first-order valence-electron chi connectivity index (χ1n) is 9.45. The fraction of sp³-hybridized carbons (Fsp3) is 0.318. The second-order valence-corrected chi connectivity index (χ2v) is 8.29. The summed E-state index contributed by atoms with van der Waals surface area (Å²) in [6, 6.07) is 14.3. The molecule has 1 saturated heterocycles. The zero-order valence-electron chi connectivity index (χ0n) is 16.1. The quantitative estimate of drug-likeness (QED) is 0.683. The van der Waals surface area contributed by atoms with E-state index in [9.17, 15) is 4.79 Å². The van der Waals surface area contributed by atoms with Crippen molar-refractivity contribution in [1.82, 2.24) is 4.90 Å². The molecule has 1 aromatic carbocycles. The van der Waals surface area contributed by atoms with Crippen LogP contribution in [0.3, 0.4) is 0 Å². The van der Waals surface area contributed by atoms with Gasteiger partial charge in [-0.3, -0.25) is 9.69 Å². The molecule has 1 amide bonds. The number of carbonyl (C=O) groups is 1. The molecule has 28 heavy (non-hydrogen) atoms. The predicted octanol–water partition coefficient (Wildman–Crippen LogP) is 4.63. The van der Waals surface area contributed by atoms with Gasteiger partial charge in [0.15, 0.2) is 5.76 Å². The van der Waals surface area contributed by atoms with Crippen LogP contribution in [-0.4, -0.2) is 37.1 Å². The van der Waals surface area contributed by atoms with Gasteiger partial charge in [-0.05, 0) is 37.6 Å². The normalized spacial score (nSPS) is 16.1. The number of furan rings is 1. The Morgan fingerprint density at radius 3 is 2.57 bits per heavy atom. The lowest BCUT2D eigenvalue weighted by molar-refractivity contribution is 0.0241. The third-order valence-corrected chi connectivity index (χ3v) is 5.94. The van der Waals surface area contributed by atoms with Crippen molar-refractivity contribution in [3.63, 3.8) is 0 Å². The van der Waals surface area contributed by atoms with Crippen LogP contribution in [0.2, 0.25) is 0 Å². The molecule has 1 aliphatic rings. The largest absolute Gasteiger partial charge is 0.459 e. The van der Waals surface area contributed by atoms with Gasteiger partial charge in [-0.2, -0.15) is 0 Å². The summed E-state index contributed by atoms with van der Waals surface area (Å²) in [7, 11) is 0. The number of nitrogens with zero attached hydrogens (tertiary/aromatic N) is 1. The zero-order valence-corrected chi connectivity index (χ0v) is 16.9. The average Bonchev–Trinajstić information content (AvgIpc) is 3.35. The van der Waals surface area contributed by atoms with Crippen molar-refractivity contribution in [2.45, 2.75) is 19.9 Å². The highest BCUT2D eigenvalue weighted by Gasteiger charge is 2.28. The molecular weight excluding hydrogens is 372 g/mol. The van der Waals surface area contributed by atoms with E-state index in [4.69, 9.17) is 9.15 Å². The van der Waals surface area contributed by atoms with Crippen LogP contribution in [0, 0.1) is 13.8 Å². The molecule has 3 aromatic rings. The predicted molar refractivity (Wildman–Crippen MR) is 111 cm³/mol. The van der Waals surface area contributed by atoms with Crippen LogP contribution >= 0.6 is 11.3 Å². The van der Waals surface area contributed by atoms with Gasteiger partial charge in [0.2, 0.25) is 0 Å². The summed E-state index contributed by atoms with van der Waals surface area (Å²) in [6.45, 7) is 7.33.